The third kappa shape index (κ3) is 4.73. The first kappa shape index (κ1) is 21.7. The number of quaternary nitrogens is 2. The Balaban J connectivity index is -0.000000845. The number of aliphatic hydroxyl groups excluding tert-OH is 1. The standard InChI is InChI=1S/C10H26N2O2.2ClH/c1-11(2,3)10(14,8-7-9-13)12(4,5)6;;/h13-14H,7-9H2,1-6H3;2*1H/q+2;;/p-2. The second-order valence-corrected chi connectivity index (χ2v) is 5.63. The monoisotopic (exact) mass is 276 g/mol. The van der Waals surface area contributed by atoms with Crippen LogP contribution < -0.4 is 24.8 Å². The molecule has 0 radical (unpaired) electrons. The van der Waals surface area contributed by atoms with Crippen LogP contribution in [0.3, 0.4) is 0 Å². The van der Waals surface area contributed by atoms with Gasteiger partial charge in [0.1, 0.15) is 0 Å². The van der Waals surface area contributed by atoms with Gasteiger partial charge >= 0.3 is 5.85 Å². The molecule has 0 heterocycles. The summed E-state index contributed by atoms with van der Waals surface area (Å²) in [5, 5.41) is 19.5. The van der Waals surface area contributed by atoms with Crippen molar-refractivity contribution in [3.63, 3.8) is 0 Å². The van der Waals surface area contributed by atoms with E-state index in [0.717, 1.165) is 0 Å². The maximum absolute atomic E-state index is 10.6. The zero-order chi connectivity index (χ0) is 11.6. The summed E-state index contributed by atoms with van der Waals surface area (Å²) in [6.45, 7) is 0.127. The van der Waals surface area contributed by atoms with E-state index in [9.17, 15) is 5.11 Å². The lowest BCUT2D eigenvalue weighted by Crippen LogP contribution is -3.00. The summed E-state index contributed by atoms with van der Waals surface area (Å²) in [7, 11) is 11.8. The second-order valence-electron chi connectivity index (χ2n) is 5.63. The minimum Gasteiger partial charge on any atom is -1.00 e. The highest BCUT2D eigenvalue weighted by Crippen LogP contribution is 2.28. The van der Waals surface area contributed by atoms with Gasteiger partial charge in [0.15, 0.2) is 0 Å². The van der Waals surface area contributed by atoms with Gasteiger partial charge in [-0.05, 0) is 6.42 Å². The molecule has 0 amide bonds. The van der Waals surface area contributed by atoms with Crippen LogP contribution in [0.2, 0.25) is 0 Å². The lowest BCUT2D eigenvalue weighted by Gasteiger charge is -2.48. The number of hydrogen-bond donors (Lipinski definition) is 2. The molecule has 6 heteroatoms. The summed E-state index contributed by atoms with van der Waals surface area (Å²) in [4.78, 5) is 0. The first-order valence-electron chi connectivity index (χ1n) is 5.02. The Morgan fingerprint density at radius 1 is 0.875 bits per heavy atom. The fraction of sp³-hybridized carbons (Fsp3) is 1.00. The highest BCUT2D eigenvalue weighted by atomic mass is 35.5. The van der Waals surface area contributed by atoms with Crippen LogP contribution in [0.25, 0.3) is 0 Å². The summed E-state index contributed by atoms with van der Waals surface area (Å²) in [5.74, 6) is -0.858. The molecular weight excluding hydrogens is 251 g/mol. The van der Waals surface area contributed by atoms with Gasteiger partial charge in [-0.1, -0.05) is 0 Å². The molecule has 0 aliphatic rings. The maximum atomic E-state index is 10.6. The highest BCUT2D eigenvalue weighted by Gasteiger charge is 2.52. The van der Waals surface area contributed by atoms with Crippen molar-refractivity contribution in [2.45, 2.75) is 18.7 Å². The van der Waals surface area contributed by atoms with Crippen LogP contribution in [-0.2, 0) is 0 Å². The third-order valence-electron chi connectivity index (χ3n) is 2.82. The number of rotatable bonds is 5. The lowest BCUT2D eigenvalue weighted by atomic mass is 10.1. The number of nitrogens with zero attached hydrogens (tertiary/aromatic N) is 2. The quantitative estimate of drug-likeness (QED) is 0.388. The Labute approximate surface area is 112 Å². The van der Waals surface area contributed by atoms with Gasteiger partial charge in [0.2, 0.25) is 0 Å². The van der Waals surface area contributed by atoms with E-state index < -0.39 is 5.85 Å². The van der Waals surface area contributed by atoms with Crippen molar-refractivity contribution in [1.29, 1.82) is 0 Å². The smallest absolute Gasteiger partial charge is 0.338 e. The van der Waals surface area contributed by atoms with Gasteiger partial charge in [0, 0.05) is 6.61 Å². The molecule has 0 fully saturated rings. The molecule has 102 valence electrons. The number of halogens is 2. The van der Waals surface area contributed by atoms with E-state index >= 15 is 0 Å². The molecule has 0 bridgehead atoms. The first-order chi connectivity index (χ1) is 6.06. The zero-order valence-electron chi connectivity index (χ0n) is 11.2. The summed E-state index contributed by atoms with van der Waals surface area (Å²) >= 11 is 0. The van der Waals surface area contributed by atoms with E-state index in [1.165, 1.54) is 0 Å². The molecule has 0 aliphatic carbocycles. The summed E-state index contributed by atoms with van der Waals surface area (Å²) < 4.78 is 0.938. The predicted octanol–water partition coefficient (Wildman–Crippen LogP) is -6.17. The van der Waals surface area contributed by atoms with Crippen LogP contribution in [0.1, 0.15) is 12.8 Å². The van der Waals surface area contributed by atoms with E-state index in [2.05, 4.69) is 0 Å². The summed E-state index contributed by atoms with van der Waals surface area (Å²) in [6.07, 6.45) is 1.22. The molecule has 4 nitrogen and oxygen atoms in total. The minimum atomic E-state index is -0.858. The topological polar surface area (TPSA) is 40.5 Å². The Kier molecular flexibility index (Phi) is 9.47. The van der Waals surface area contributed by atoms with Crippen molar-refractivity contribution in [2.75, 3.05) is 48.9 Å². The van der Waals surface area contributed by atoms with E-state index in [1.54, 1.807) is 0 Å². The predicted molar refractivity (Wildman–Crippen MR) is 57.3 cm³/mol. The lowest BCUT2D eigenvalue weighted by molar-refractivity contribution is -1.15. The van der Waals surface area contributed by atoms with Crippen molar-refractivity contribution in [3.8, 4) is 0 Å². The molecule has 0 atom stereocenters. The van der Waals surface area contributed by atoms with Crippen molar-refractivity contribution in [1.82, 2.24) is 0 Å². The van der Waals surface area contributed by atoms with Gasteiger partial charge in [-0.3, -0.25) is 14.1 Å². The third-order valence-corrected chi connectivity index (χ3v) is 2.82. The Morgan fingerprint density at radius 2 is 1.19 bits per heavy atom. The van der Waals surface area contributed by atoms with E-state index in [0.29, 0.717) is 21.8 Å². The SMILES string of the molecule is C[N+](C)(C)C(O)(CCCO)[N+](C)(C)C.[Cl-].[Cl-]. The largest absolute Gasteiger partial charge is 1.00 e. The molecule has 0 aromatic heterocycles. The molecule has 0 aromatic rings. The molecule has 0 unspecified atom stereocenters. The molecule has 0 rings (SSSR count). The molecule has 16 heavy (non-hydrogen) atoms. The van der Waals surface area contributed by atoms with Crippen LogP contribution in [0.4, 0.5) is 0 Å². The normalized spacial score (nSPS) is 12.8. The van der Waals surface area contributed by atoms with Gasteiger partial charge in [0.25, 0.3) is 0 Å². The van der Waals surface area contributed by atoms with Gasteiger partial charge < -0.3 is 29.9 Å². The highest BCUT2D eigenvalue weighted by molar-refractivity contribution is 4.54. The fourth-order valence-electron chi connectivity index (χ4n) is 1.89. The van der Waals surface area contributed by atoms with E-state index in [4.69, 9.17) is 5.11 Å². The van der Waals surface area contributed by atoms with Gasteiger partial charge in [-0.15, -0.1) is 0 Å². The van der Waals surface area contributed by atoms with Crippen molar-refractivity contribution < 1.29 is 44.0 Å². The van der Waals surface area contributed by atoms with Crippen molar-refractivity contribution >= 4 is 0 Å². The zero-order valence-corrected chi connectivity index (χ0v) is 12.7. The molecule has 0 saturated carbocycles. The molecule has 2 N–H and O–H groups in total. The van der Waals surface area contributed by atoms with Crippen LogP contribution in [0.5, 0.6) is 0 Å². The van der Waals surface area contributed by atoms with E-state index in [-0.39, 0.29) is 31.4 Å². The van der Waals surface area contributed by atoms with Crippen LogP contribution in [-0.4, -0.2) is 73.9 Å². The molecule has 0 spiro atoms. The van der Waals surface area contributed by atoms with E-state index in [1.807, 2.05) is 42.3 Å². The summed E-state index contributed by atoms with van der Waals surface area (Å²) in [5.41, 5.74) is 0. The number of hydrogen-bond acceptors (Lipinski definition) is 2. The van der Waals surface area contributed by atoms with Gasteiger partial charge in [-0.2, -0.15) is 0 Å². The van der Waals surface area contributed by atoms with Gasteiger partial charge in [0.05, 0.1) is 48.7 Å². The second kappa shape index (κ2) is 6.99. The molecule has 0 saturated heterocycles. The average molecular weight is 277 g/mol. The van der Waals surface area contributed by atoms with Crippen molar-refractivity contribution in [3.05, 3.63) is 0 Å². The van der Waals surface area contributed by atoms with Gasteiger partial charge in [-0.25, -0.2) is 0 Å². The van der Waals surface area contributed by atoms with Crippen LogP contribution in [0, 0.1) is 0 Å². The van der Waals surface area contributed by atoms with Crippen molar-refractivity contribution in [2.24, 2.45) is 0 Å². The first-order valence-corrected chi connectivity index (χ1v) is 5.02. The Hall–Kier alpha value is 0.420. The maximum Gasteiger partial charge on any atom is 0.338 e. The Morgan fingerprint density at radius 3 is 1.38 bits per heavy atom. The summed E-state index contributed by atoms with van der Waals surface area (Å²) in [6, 6.07) is 0. The number of aliphatic hydroxyl groups is 2. The van der Waals surface area contributed by atoms with Crippen LogP contribution in [0.15, 0.2) is 0 Å². The van der Waals surface area contributed by atoms with Crippen LogP contribution >= 0.6 is 0 Å². The molecule has 0 aromatic carbocycles. The molecular formula is C10H26Cl2N2O2. The Bertz CT molecular complexity index is 174. The molecule has 0 aliphatic heterocycles. The fourth-order valence-corrected chi connectivity index (χ4v) is 1.89. The minimum absolute atomic E-state index is 0. The average Bonchev–Trinajstić information content (AvgIpc) is 1.95.